The molecule has 0 atom stereocenters. The van der Waals surface area contributed by atoms with Crippen molar-refractivity contribution >= 4 is 11.6 Å². The van der Waals surface area contributed by atoms with Crippen molar-refractivity contribution in [3.8, 4) is 11.6 Å². The van der Waals surface area contributed by atoms with Gasteiger partial charge < -0.3 is 4.74 Å². The summed E-state index contributed by atoms with van der Waals surface area (Å²) in [6, 6.07) is 8.35. The molecule has 98 valence electrons. The molecule has 0 fully saturated rings. The molecule has 1 aromatic carbocycles. The van der Waals surface area contributed by atoms with Gasteiger partial charge in [-0.05, 0) is 61.1 Å². The van der Waals surface area contributed by atoms with E-state index in [9.17, 15) is 0 Å². The highest BCUT2D eigenvalue weighted by molar-refractivity contribution is 6.17. The fraction of sp³-hybridized carbons (Fsp3) is 0.312. The van der Waals surface area contributed by atoms with Gasteiger partial charge >= 0.3 is 0 Å². The van der Waals surface area contributed by atoms with Gasteiger partial charge in [-0.1, -0.05) is 6.07 Å². The van der Waals surface area contributed by atoms with Crippen molar-refractivity contribution in [2.75, 3.05) is 0 Å². The average molecular weight is 274 g/mol. The number of ether oxygens (including phenoxy) is 1. The molecular weight excluding hydrogens is 258 g/mol. The second kappa shape index (κ2) is 5.22. The molecule has 2 aromatic rings. The van der Waals surface area contributed by atoms with Crippen molar-refractivity contribution < 1.29 is 4.74 Å². The molecule has 3 heteroatoms. The maximum atomic E-state index is 5.88. The van der Waals surface area contributed by atoms with Crippen LogP contribution in [0.5, 0.6) is 11.6 Å². The quantitative estimate of drug-likeness (QED) is 0.773. The van der Waals surface area contributed by atoms with E-state index in [1.54, 1.807) is 6.20 Å². The molecule has 3 rings (SSSR count). The minimum absolute atomic E-state index is 0.479. The Hall–Kier alpha value is -1.54. The zero-order valence-corrected chi connectivity index (χ0v) is 11.7. The Labute approximate surface area is 118 Å². The molecule has 1 aliphatic carbocycles. The summed E-state index contributed by atoms with van der Waals surface area (Å²) in [5, 5.41) is 0. The number of aromatic nitrogens is 1. The number of hydrogen-bond acceptors (Lipinski definition) is 2. The van der Waals surface area contributed by atoms with Gasteiger partial charge in [-0.2, -0.15) is 0 Å². The van der Waals surface area contributed by atoms with Crippen molar-refractivity contribution in [2.24, 2.45) is 0 Å². The van der Waals surface area contributed by atoms with Crippen molar-refractivity contribution in [2.45, 2.75) is 32.1 Å². The zero-order chi connectivity index (χ0) is 13.2. The van der Waals surface area contributed by atoms with E-state index in [1.807, 2.05) is 19.1 Å². The van der Waals surface area contributed by atoms with Crippen LogP contribution < -0.4 is 4.74 Å². The van der Waals surface area contributed by atoms with E-state index in [0.717, 1.165) is 23.3 Å². The van der Waals surface area contributed by atoms with Crippen LogP contribution in [0.2, 0.25) is 0 Å². The van der Waals surface area contributed by atoms with Crippen LogP contribution in [0.3, 0.4) is 0 Å². The summed E-state index contributed by atoms with van der Waals surface area (Å²) in [5.74, 6) is 2.01. The van der Waals surface area contributed by atoms with Crippen LogP contribution >= 0.6 is 11.6 Å². The van der Waals surface area contributed by atoms with E-state index < -0.39 is 0 Å². The highest BCUT2D eigenvalue weighted by Gasteiger charge is 2.12. The molecule has 0 spiro atoms. The summed E-state index contributed by atoms with van der Waals surface area (Å²) in [4.78, 5) is 4.33. The molecule has 0 saturated carbocycles. The molecule has 0 saturated heterocycles. The normalized spacial score (nSPS) is 13.4. The number of pyridine rings is 1. The molecule has 1 aromatic heterocycles. The van der Waals surface area contributed by atoms with Crippen LogP contribution in [0.4, 0.5) is 0 Å². The van der Waals surface area contributed by atoms with Gasteiger partial charge in [0.25, 0.3) is 0 Å². The summed E-state index contributed by atoms with van der Waals surface area (Å²) < 4.78 is 5.88. The predicted molar refractivity (Wildman–Crippen MR) is 77.1 cm³/mol. The maximum absolute atomic E-state index is 5.88. The standard InChI is InChI=1S/C16H16ClNO/c1-11-7-12(9-17)10-18-16(11)19-15-6-5-13-3-2-4-14(13)8-15/h5-8,10H,2-4,9H2,1H3. The second-order valence-electron chi connectivity index (χ2n) is 4.99. The Morgan fingerprint density at radius 1 is 1.21 bits per heavy atom. The predicted octanol–water partition coefficient (Wildman–Crippen LogP) is 4.41. The fourth-order valence-electron chi connectivity index (χ4n) is 2.52. The van der Waals surface area contributed by atoms with E-state index >= 15 is 0 Å². The van der Waals surface area contributed by atoms with Crippen LogP contribution in [0, 0.1) is 6.92 Å². The molecular formula is C16H16ClNO. The Balaban J connectivity index is 1.85. The lowest BCUT2D eigenvalue weighted by Crippen LogP contribution is -1.94. The topological polar surface area (TPSA) is 22.1 Å². The number of nitrogens with zero attached hydrogens (tertiary/aromatic N) is 1. The fourth-order valence-corrected chi connectivity index (χ4v) is 2.67. The van der Waals surface area contributed by atoms with Crippen molar-refractivity contribution in [3.63, 3.8) is 0 Å². The Morgan fingerprint density at radius 2 is 2.05 bits per heavy atom. The van der Waals surface area contributed by atoms with Crippen molar-refractivity contribution in [1.29, 1.82) is 0 Å². The van der Waals surface area contributed by atoms with Crippen molar-refractivity contribution in [1.82, 2.24) is 4.98 Å². The summed E-state index contributed by atoms with van der Waals surface area (Å²) in [6.07, 6.45) is 5.37. The molecule has 1 aliphatic rings. The van der Waals surface area contributed by atoms with Gasteiger partial charge in [-0.25, -0.2) is 4.98 Å². The molecule has 0 aliphatic heterocycles. The highest BCUT2D eigenvalue weighted by Crippen LogP contribution is 2.29. The van der Waals surface area contributed by atoms with Crippen LogP contribution in [0.25, 0.3) is 0 Å². The summed E-state index contributed by atoms with van der Waals surface area (Å²) in [6.45, 7) is 1.99. The second-order valence-corrected chi connectivity index (χ2v) is 5.25. The lowest BCUT2D eigenvalue weighted by Gasteiger charge is -2.09. The summed E-state index contributed by atoms with van der Waals surface area (Å²) in [5.41, 5.74) is 4.89. The smallest absolute Gasteiger partial charge is 0.222 e. The van der Waals surface area contributed by atoms with Gasteiger partial charge in [-0.3, -0.25) is 0 Å². The summed E-state index contributed by atoms with van der Waals surface area (Å²) >= 11 is 5.79. The zero-order valence-electron chi connectivity index (χ0n) is 10.9. The monoisotopic (exact) mass is 273 g/mol. The van der Waals surface area contributed by atoms with Crippen LogP contribution in [-0.4, -0.2) is 4.98 Å². The Kier molecular flexibility index (Phi) is 3.43. The van der Waals surface area contributed by atoms with Gasteiger partial charge in [-0.15, -0.1) is 11.6 Å². The molecule has 0 unspecified atom stereocenters. The molecule has 0 bridgehead atoms. The lowest BCUT2D eigenvalue weighted by molar-refractivity contribution is 0.458. The van der Waals surface area contributed by atoms with Gasteiger partial charge in [0.15, 0.2) is 0 Å². The molecule has 2 nitrogen and oxygen atoms in total. The van der Waals surface area contributed by atoms with Crippen LogP contribution in [-0.2, 0) is 18.7 Å². The molecule has 19 heavy (non-hydrogen) atoms. The molecule has 0 amide bonds. The largest absolute Gasteiger partial charge is 0.439 e. The number of aryl methyl sites for hydroxylation is 3. The first-order valence-corrected chi connectivity index (χ1v) is 7.11. The average Bonchev–Trinajstić information content (AvgIpc) is 2.88. The highest BCUT2D eigenvalue weighted by atomic mass is 35.5. The van der Waals surface area contributed by atoms with Crippen LogP contribution in [0.1, 0.15) is 28.7 Å². The van der Waals surface area contributed by atoms with Gasteiger partial charge in [0.1, 0.15) is 5.75 Å². The number of fused-ring (bicyclic) bond motifs is 1. The number of hydrogen-bond donors (Lipinski definition) is 0. The number of rotatable bonds is 3. The van der Waals surface area contributed by atoms with E-state index in [1.165, 1.54) is 24.0 Å². The van der Waals surface area contributed by atoms with Crippen LogP contribution in [0.15, 0.2) is 30.5 Å². The third-order valence-electron chi connectivity index (χ3n) is 3.53. The minimum Gasteiger partial charge on any atom is -0.439 e. The lowest BCUT2D eigenvalue weighted by atomic mass is 10.1. The molecule has 0 N–H and O–H groups in total. The summed E-state index contributed by atoms with van der Waals surface area (Å²) in [7, 11) is 0. The minimum atomic E-state index is 0.479. The first-order valence-electron chi connectivity index (χ1n) is 6.57. The molecule has 0 radical (unpaired) electrons. The maximum Gasteiger partial charge on any atom is 0.222 e. The van der Waals surface area contributed by atoms with Crippen molar-refractivity contribution in [3.05, 3.63) is 52.7 Å². The van der Waals surface area contributed by atoms with E-state index in [0.29, 0.717) is 11.8 Å². The first-order chi connectivity index (χ1) is 9.26. The number of alkyl halides is 1. The Bertz CT molecular complexity index is 610. The number of halogens is 1. The Morgan fingerprint density at radius 3 is 2.84 bits per heavy atom. The van der Waals surface area contributed by atoms with E-state index in [4.69, 9.17) is 16.3 Å². The third-order valence-corrected chi connectivity index (χ3v) is 3.83. The van der Waals surface area contributed by atoms with Gasteiger partial charge in [0, 0.05) is 17.6 Å². The van der Waals surface area contributed by atoms with Gasteiger partial charge in [0.2, 0.25) is 5.88 Å². The SMILES string of the molecule is Cc1cc(CCl)cnc1Oc1ccc2c(c1)CCC2. The number of benzene rings is 1. The van der Waals surface area contributed by atoms with E-state index in [2.05, 4.69) is 17.1 Å². The van der Waals surface area contributed by atoms with Gasteiger partial charge in [0.05, 0.1) is 0 Å². The van der Waals surface area contributed by atoms with E-state index in [-0.39, 0.29) is 0 Å². The molecule has 1 heterocycles. The third kappa shape index (κ3) is 2.59. The first kappa shape index (κ1) is 12.5.